The van der Waals surface area contributed by atoms with E-state index in [2.05, 4.69) is 10.3 Å². The van der Waals surface area contributed by atoms with Crippen LogP contribution >= 0.6 is 0 Å². The Morgan fingerprint density at radius 2 is 2.05 bits per heavy atom. The van der Waals surface area contributed by atoms with Gasteiger partial charge in [-0.2, -0.15) is 0 Å². The van der Waals surface area contributed by atoms with Gasteiger partial charge < -0.3 is 15.5 Å². The monoisotopic (exact) mass is 266 g/mol. The Bertz CT molecular complexity index is 444. The lowest BCUT2D eigenvalue weighted by molar-refractivity contribution is 0.0210. The van der Waals surface area contributed by atoms with E-state index in [1.54, 1.807) is 12.1 Å². The summed E-state index contributed by atoms with van der Waals surface area (Å²) in [6.45, 7) is 8.38. The lowest BCUT2D eigenvalue weighted by Crippen LogP contribution is -2.39. The molecule has 0 aliphatic carbocycles. The van der Waals surface area contributed by atoms with Gasteiger partial charge in [0.25, 0.3) is 0 Å². The van der Waals surface area contributed by atoms with Crippen LogP contribution in [0.3, 0.4) is 0 Å². The quantitative estimate of drug-likeness (QED) is 0.735. The average Bonchev–Trinajstić information content (AvgIpc) is 2.35. The Morgan fingerprint density at radius 3 is 2.58 bits per heavy atom. The van der Waals surface area contributed by atoms with Crippen molar-refractivity contribution in [3.63, 3.8) is 0 Å². The number of hydrogen-bond acceptors (Lipinski definition) is 4. The van der Waals surface area contributed by atoms with E-state index in [1.165, 1.54) is 6.07 Å². The second-order valence-electron chi connectivity index (χ2n) is 5.74. The fraction of sp³-hybridized carbons (Fsp3) is 0.571. The number of pyridine rings is 1. The van der Waals surface area contributed by atoms with E-state index >= 15 is 0 Å². The summed E-state index contributed by atoms with van der Waals surface area (Å²) in [5, 5.41) is 22.1. The molecule has 19 heavy (non-hydrogen) atoms. The molecule has 1 unspecified atom stereocenters. The van der Waals surface area contributed by atoms with Crippen molar-refractivity contribution >= 4 is 11.8 Å². The first-order valence-corrected chi connectivity index (χ1v) is 6.36. The molecule has 5 heteroatoms. The Labute approximate surface area is 113 Å². The number of anilines is 1. The highest BCUT2D eigenvalue weighted by atomic mass is 16.4. The lowest BCUT2D eigenvalue weighted by Gasteiger charge is -2.33. The molecule has 0 aliphatic heterocycles. The molecule has 1 aromatic heterocycles. The zero-order valence-electron chi connectivity index (χ0n) is 11.8. The van der Waals surface area contributed by atoms with E-state index in [9.17, 15) is 9.90 Å². The fourth-order valence-electron chi connectivity index (χ4n) is 1.98. The molecule has 5 nitrogen and oxygen atoms in total. The van der Waals surface area contributed by atoms with Crippen LogP contribution < -0.4 is 5.32 Å². The molecule has 0 saturated heterocycles. The summed E-state index contributed by atoms with van der Waals surface area (Å²) in [5.74, 6) is -0.385. The van der Waals surface area contributed by atoms with Crippen molar-refractivity contribution < 1.29 is 15.0 Å². The molecule has 0 aliphatic rings. The Balaban J connectivity index is 2.71. The van der Waals surface area contributed by atoms with E-state index in [-0.39, 0.29) is 17.0 Å². The summed E-state index contributed by atoms with van der Waals surface area (Å²) in [7, 11) is 0. The van der Waals surface area contributed by atoms with Crippen molar-refractivity contribution in [2.24, 2.45) is 11.3 Å². The molecule has 0 aromatic carbocycles. The van der Waals surface area contributed by atoms with E-state index in [1.807, 2.05) is 27.7 Å². The predicted octanol–water partition coefficient (Wildman–Crippen LogP) is 2.23. The molecular formula is C14H22N2O3. The van der Waals surface area contributed by atoms with Crippen LogP contribution in [0.25, 0.3) is 0 Å². The zero-order chi connectivity index (χ0) is 14.6. The number of rotatable bonds is 6. The minimum Gasteiger partial charge on any atom is -0.477 e. The average molecular weight is 266 g/mol. The number of carbonyl (C=O) groups is 1. The minimum atomic E-state index is -1.05. The van der Waals surface area contributed by atoms with Gasteiger partial charge in [0.2, 0.25) is 0 Å². The summed E-state index contributed by atoms with van der Waals surface area (Å²) < 4.78 is 0. The molecule has 3 N–H and O–H groups in total. The molecule has 0 radical (unpaired) electrons. The Hall–Kier alpha value is -1.62. The summed E-state index contributed by atoms with van der Waals surface area (Å²) in [5.41, 5.74) is -0.318. The van der Waals surface area contributed by atoms with E-state index in [0.29, 0.717) is 12.4 Å². The largest absolute Gasteiger partial charge is 0.477 e. The van der Waals surface area contributed by atoms with Crippen LogP contribution in [0.2, 0.25) is 0 Å². The van der Waals surface area contributed by atoms with Gasteiger partial charge in [0.15, 0.2) is 5.69 Å². The van der Waals surface area contributed by atoms with Crippen molar-refractivity contribution in [1.29, 1.82) is 0 Å². The van der Waals surface area contributed by atoms with Gasteiger partial charge in [-0.15, -0.1) is 0 Å². The van der Waals surface area contributed by atoms with Crippen LogP contribution in [0, 0.1) is 11.3 Å². The van der Waals surface area contributed by atoms with Crippen LogP contribution in [-0.2, 0) is 0 Å². The third-order valence-electron chi connectivity index (χ3n) is 3.13. The molecule has 1 heterocycles. The second kappa shape index (κ2) is 6.02. The van der Waals surface area contributed by atoms with Crippen molar-refractivity contribution in [3.05, 3.63) is 23.9 Å². The molecule has 0 bridgehead atoms. The SMILES string of the molecule is CC(C)C(O)C(C)(C)CNc1cccc(C(=O)O)n1. The number of carboxylic acids is 1. The number of aliphatic hydroxyl groups excluding tert-OH is 1. The number of aromatic nitrogens is 1. The highest BCUT2D eigenvalue weighted by molar-refractivity contribution is 5.85. The van der Waals surface area contributed by atoms with Gasteiger partial charge in [-0.3, -0.25) is 0 Å². The van der Waals surface area contributed by atoms with Crippen molar-refractivity contribution in [2.75, 3.05) is 11.9 Å². The Morgan fingerprint density at radius 1 is 1.42 bits per heavy atom. The molecule has 1 rings (SSSR count). The molecule has 0 saturated carbocycles. The Kier molecular flexibility index (Phi) is 4.89. The van der Waals surface area contributed by atoms with Gasteiger partial charge in [0.05, 0.1) is 6.10 Å². The third-order valence-corrected chi connectivity index (χ3v) is 3.13. The first-order chi connectivity index (χ1) is 8.74. The van der Waals surface area contributed by atoms with Crippen LogP contribution in [0.5, 0.6) is 0 Å². The molecular weight excluding hydrogens is 244 g/mol. The maximum absolute atomic E-state index is 10.8. The highest BCUT2D eigenvalue weighted by Crippen LogP contribution is 2.26. The summed E-state index contributed by atoms with van der Waals surface area (Å²) in [4.78, 5) is 14.8. The normalized spacial score (nSPS) is 13.4. The van der Waals surface area contributed by atoms with E-state index < -0.39 is 12.1 Å². The van der Waals surface area contributed by atoms with Crippen LogP contribution in [0.4, 0.5) is 5.82 Å². The minimum absolute atomic E-state index is 0.00668. The first kappa shape index (κ1) is 15.4. The van der Waals surface area contributed by atoms with Crippen molar-refractivity contribution in [2.45, 2.75) is 33.8 Å². The number of aliphatic hydroxyl groups is 1. The molecule has 0 spiro atoms. The molecule has 0 amide bonds. The van der Waals surface area contributed by atoms with Crippen molar-refractivity contribution in [3.8, 4) is 0 Å². The third kappa shape index (κ3) is 4.21. The number of nitrogens with one attached hydrogen (secondary N) is 1. The van der Waals surface area contributed by atoms with E-state index in [0.717, 1.165) is 0 Å². The van der Waals surface area contributed by atoms with Gasteiger partial charge in [0, 0.05) is 12.0 Å². The smallest absolute Gasteiger partial charge is 0.354 e. The fourth-order valence-corrected chi connectivity index (χ4v) is 1.98. The molecule has 1 aromatic rings. The maximum atomic E-state index is 10.8. The standard InChI is InChI=1S/C14H22N2O3/c1-9(2)12(17)14(3,4)8-15-11-7-5-6-10(16-11)13(18)19/h5-7,9,12,17H,8H2,1-4H3,(H,15,16)(H,18,19). The summed E-state index contributed by atoms with van der Waals surface area (Å²) in [6.07, 6.45) is -0.442. The molecule has 1 atom stereocenters. The zero-order valence-corrected chi connectivity index (χ0v) is 11.8. The molecule has 106 valence electrons. The van der Waals surface area contributed by atoms with Gasteiger partial charge in [-0.25, -0.2) is 9.78 Å². The lowest BCUT2D eigenvalue weighted by atomic mass is 9.81. The predicted molar refractivity (Wildman–Crippen MR) is 74.3 cm³/mol. The summed E-state index contributed by atoms with van der Waals surface area (Å²) >= 11 is 0. The number of aromatic carboxylic acids is 1. The van der Waals surface area contributed by atoms with Crippen LogP contribution in [0.1, 0.15) is 38.2 Å². The highest BCUT2D eigenvalue weighted by Gasteiger charge is 2.30. The van der Waals surface area contributed by atoms with Gasteiger partial charge >= 0.3 is 5.97 Å². The van der Waals surface area contributed by atoms with Gasteiger partial charge in [-0.05, 0) is 18.1 Å². The van der Waals surface area contributed by atoms with Crippen LogP contribution in [0.15, 0.2) is 18.2 Å². The summed E-state index contributed by atoms with van der Waals surface area (Å²) in [6, 6.07) is 4.80. The topological polar surface area (TPSA) is 82.5 Å². The second-order valence-corrected chi connectivity index (χ2v) is 5.74. The first-order valence-electron chi connectivity index (χ1n) is 6.36. The number of carboxylic acid groups (broad SMARTS) is 1. The van der Waals surface area contributed by atoms with E-state index in [4.69, 9.17) is 5.11 Å². The maximum Gasteiger partial charge on any atom is 0.354 e. The van der Waals surface area contributed by atoms with Gasteiger partial charge in [-0.1, -0.05) is 33.8 Å². The number of nitrogens with zero attached hydrogens (tertiary/aromatic N) is 1. The van der Waals surface area contributed by atoms with Crippen LogP contribution in [-0.4, -0.2) is 33.8 Å². The van der Waals surface area contributed by atoms with Gasteiger partial charge in [0.1, 0.15) is 5.82 Å². The number of hydrogen-bond donors (Lipinski definition) is 3. The van der Waals surface area contributed by atoms with Crippen molar-refractivity contribution in [1.82, 2.24) is 4.98 Å². The molecule has 0 fully saturated rings.